The predicted molar refractivity (Wildman–Crippen MR) is 74.7 cm³/mol. The van der Waals surface area contributed by atoms with Gasteiger partial charge in [0.05, 0.1) is 11.4 Å². The van der Waals surface area contributed by atoms with Gasteiger partial charge in [0.15, 0.2) is 0 Å². The third-order valence-corrected chi connectivity index (χ3v) is 2.84. The molecule has 18 heavy (non-hydrogen) atoms. The first kappa shape index (κ1) is 12.2. The lowest BCUT2D eigenvalue weighted by Gasteiger charge is -2.10. The zero-order valence-electron chi connectivity index (χ0n) is 10.5. The van der Waals surface area contributed by atoms with Crippen molar-refractivity contribution in [2.24, 2.45) is 0 Å². The number of nitrogens with two attached hydrogens (primary N) is 1. The molecule has 3 nitrogen and oxygen atoms in total. The van der Waals surface area contributed by atoms with Crippen molar-refractivity contribution in [2.45, 2.75) is 13.8 Å². The first-order valence-electron chi connectivity index (χ1n) is 5.81. The molecular formula is C15H16N2O. The maximum Gasteiger partial charge on any atom is 0.255 e. The van der Waals surface area contributed by atoms with Gasteiger partial charge in [-0.1, -0.05) is 29.8 Å². The molecule has 0 atom stereocenters. The summed E-state index contributed by atoms with van der Waals surface area (Å²) in [5.74, 6) is -0.134. The van der Waals surface area contributed by atoms with Crippen molar-refractivity contribution in [2.75, 3.05) is 11.1 Å². The smallest absolute Gasteiger partial charge is 0.255 e. The molecule has 0 aliphatic carbocycles. The largest absolute Gasteiger partial charge is 0.397 e. The molecular weight excluding hydrogens is 224 g/mol. The molecule has 1 amide bonds. The van der Waals surface area contributed by atoms with E-state index in [4.69, 9.17) is 5.73 Å². The molecule has 0 saturated heterocycles. The number of hydrogen-bond acceptors (Lipinski definition) is 2. The number of anilines is 2. The first-order valence-corrected chi connectivity index (χ1v) is 5.81. The Morgan fingerprint density at radius 3 is 2.50 bits per heavy atom. The summed E-state index contributed by atoms with van der Waals surface area (Å²) >= 11 is 0. The van der Waals surface area contributed by atoms with Gasteiger partial charge in [0.1, 0.15) is 0 Å². The van der Waals surface area contributed by atoms with Crippen molar-refractivity contribution < 1.29 is 4.79 Å². The zero-order valence-corrected chi connectivity index (χ0v) is 10.5. The summed E-state index contributed by atoms with van der Waals surface area (Å²) in [6, 6.07) is 13.0. The minimum absolute atomic E-state index is 0.134. The molecule has 0 spiro atoms. The molecule has 92 valence electrons. The molecule has 0 bridgehead atoms. The second-order valence-electron chi connectivity index (χ2n) is 4.36. The number of hydrogen-bond donors (Lipinski definition) is 2. The minimum atomic E-state index is -0.134. The van der Waals surface area contributed by atoms with E-state index in [1.807, 2.05) is 44.2 Å². The number of amides is 1. The molecule has 0 aliphatic rings. The Morgan fingerprint density at radius 1 is 1.11 bits per heavy atom. The highest BCUT2D eigenvalue weighted by atomic mass is 16.1. The van der Waals surface area contributed by atoms with E-state index >= 15 is 0 Å². The van der Waals surface area contributed by atoms with Crippen LogP contribution in [-0.2, 0) is 0 Å². The van der Waals surface area contributed by atoms with E-state index < -0.39 is 0 Å². The second-order valence-corrected chi connectivity index (χ2v) is 4.36. The van der Waals surface area contributed by atoms with Crippen molar-refractivity contribution in [3.63, 3.8) is 0 Å². The number of rotatable bonds is 2. The Labute approximate surface area is 107 Å². The van der Waals surface area contributed by atoms with Gasteiger partial charge in [-0.05, 0) is 37.6 Å². The number of carbonyl (C=O) groups excluding carboxylic acids is 1. The van der Waals surface area contributed by atoms with Crippen molar-refractivity contribution in [1.82, 2.24) is 0 Å². The van der Waals surface area contributed by atoms with Gasteiger partial charge in [-0.25, -0.2) is 0 Å². The van der Waals surface area contributed by atoms with Crippen LogP contribution in [0.15, 0.2) is 42.5 Å². The summed E-state index contributed by atoms with van der Waals surface area (Å²) in [5, 5.41) is 2.82. The summed E-state index contributed by atoms with van der Waals surface area (Å²) in [6.07, 6.45) is 0. The van der Waals surface area contributed by atoms with E-state index in [1.165, 1.54) is 0 Å². The number of carbonyl (C=O) groups is 1. The first-order chi connectivity index (χ1) is 8.58. The maximum atomic E-state index is 12.1. The number of benzene rings is 2. The monoisotopic (exact) mass is 240 g/mol. The fourth-order valence-corrected chi connectivity index (χ4v) is 1.87. The van der Waals surface area contributed by atoms with Crippen LogP contribution in [0.4, 0.5) is 11.4 Å². The van der Waals surface area contributed by atoms with Crippen LogP contribution in [0, 0.1) is 13.8 Å². The predicted octanol–water partition coefficient (Wildman–Crippen LogP) is 3.14. The van der Waals surface area contributed by atoms with E-state index in [-0.39, 0.29) is 5.91 Å². The summed E-state index contributed by atoms with van der Waals surface area (Å²) in [6.45, 7) is 3.93. The van der Waals surface area contributed by atoms with Crippen molar-refractivity contribution in [3.05, 3.63) is 59.2 Å². The lowest BCUT2D eigenvalue weighted by Crippen LogP contribution is -2.14. The quantitative estimate of drug-likeness (QED) is 0.792. The summed E-state index contributed by atoms with van der Waals surface area (Å²) in [7, 11) is 0. The SMILES string of the molecule is Cc1ccc(C(=O)Nc2ccccc2N)c(C)c1. The Kier molecular flexibility index (Phi) is 3.33. The Hall–Kier alpha value is -2.29. The standard InChI is InChI=1S/C15H16N2O/c1-10-7-8-12(11(2)9-10)15(18)17-14-6-4-3-5-13(14)16/h3-9H,16H2,1-2H3,(H,17,18). The third kappa shape index (κ3) is 2.51. The average Bonchev–Trinajstić information content (AvgIpc) is 2.32. The number of para-hydroxylation sites is 2. The molecule has 0 aromatic heterocycles. The van der Waals surface area contributed by atoms with E-state index in [0.29, 0.717) is 16.9 Å². The molecule has 0 fully saturated rings. The molecule has 2 rings (SSSR count). The molecule has 0 unspecified atom stereocenters. The average molecular weight is 240 g/mol. The zero-order chi connectivity index (χ0) is 13.1. The molecule has 2 aromatic rings. The second kappa shape index (κ2) is 4.92. The highest BCUT2D eigenvalue weighted by Crippen LogP contribution is 2.19. The van der Waals surface area contributed by atoms with Crippen molar-refractivity contribution in [1.29, 1.82) is 0 Å². The molecule has 3 N–H and O–H groups in total. The molecule has 0 aliphatic heterocycles. The maximum absolute atomic E-state index is 12.1. The van der Waals surface area contributed by atoms with Crippen LogP contribution in [0.2, 0.25) is 0 Å². The van der Waals surface area contributed by atoms with Gasteiger partial charge < -0.3 is 11.1 Å². The highest BCUT2D eigenvalue weighted by Gasteiger charge is 2.10. The van der Waals surface area contributed by atoms with Crippen molar-refractivity contribution in [3.8, 4) is 0 Å². The van der Waals surface area contributed by atoms with Gasteiger partial charge >= 0.3 is 0 Å². The Morgan fingerprint density at radius 2 is 1.83 bits per heavy atom. The van der Waals surface area contributed by atoms with Crippen LogP contribution in [0.1, 0.15) is 21.5 Å². The third-order valence-electron chi connectivity index (χ3n) is 2.84. The van der Waals surface area contributed by atoms with E-state index in [2.05, 4.69) is 5.32 Å². The fourth-order valence-electron chi connectivity index (χ4n) is 1.87. The van der Waals surface area contributed by atoms with Gasteiger partial charge in [-0.2, -0.15) is 0 Å². The van der Waals surface area contributed by atoms with Gasteiger partial charge in [-0.15, -0.1) is 0 Å². The van der Waals surface area contributed by atoms with Gasteiger partial charge in [0, 0.05) is 5.56 Å². The lowest BCUT2D eigenvalue weighted by atomic mass is 10.1. The molecule has 3 heteroatoms. The molecule has 0 radical (unpaired) electrons. The molecule has 2 aromatic carbocycles. The van der Waals surface area contributed by atoms with Crippen LogP contribution in [0.5, 0.6) is 0 Å². The van der Waals surface area contributed by atoms with Crippen molar-refractivity contribution >= 4 is 17.3 Å². The van der Waals surface area contributed by atoms with E-state index in [0.717, 1.165) is 11.1 Å². The summed E-state index contributed by atoms with van der Waals surface area (Å²) < 4.78 is 0. The van der Waals surface area contributed by atoms with Crippen LogP contribution in [-0.4, -0.2) is 5.91 Å². The number of nitrogen functional groups attached to an aromatic ring is 1. The number of aryl methyl sites for hydroxylation is 2. The van der Waals surface area contributed by atoms with Crippen LogP contribution >= 0.6 is 0 Å². The van der Waals surface area contributed by atoms with Gasteiger partial charge in [0.25, 0.3) is 5.91 Å². The van der Waals surface area contributed by atoms with Gasteiger partial charge in [-0.3, -0.25) is 4.79 Å². The normalized spacial score (nSPS) is 10.1. The Bertz CT molecular complexity index is 591. The lowest BCUT2D eigenvalue weighted by molar-refractivity contribution is 0.102. The van der Waals surface area contributed by atoms with Crippen LogP contribution in [0.25, 0.3) is 0 Å². The molecule has 0 saturated carbocycles. The topological polar surface area (TPSA) is 55.1 Å². The summed E-state index contributed by atoms with van der Waals surface area (Å²) in [4.78, 5) is 12.1. The fraction of sp³-hybridized carbons (Fsp3) is 0.133. The highest BCUT2D eigenvalue weighted by molar-refractivity contribution is 6.06. The van der Waals surface area contributed by atoms with Gasteiger partial charge in [0.2, 0.25) is 0 Å². The van der Waals surface area contributed by atoms with E-state index in [1.54, 1.807) is 12.1 Å². The number of nitrogens with one attached hydrogen (secondary N) is 1. The Balaban J connectivity index is 2.25. The minimum Gasteiger partial charge on any atom is -0.397 e. The molecule has 0 heterocycles. The summed E-state index contributed by atoms with van der Waals surface area (Å²) in [5.41, 5.74) is 9.77. The van der Waals surface area contributed by atoms with Crippen LogP contribution in [0.3, 0.4) is 0 Å². The van der Waals surface area contributed by atoms with E-state index in [9.17, 15) is 4.79 Å². The van der Waals surface area contributed by atoms with Crippen LogP contribution < -0.4 is 11.1 Å².